The summed E-state index contributed by atoms with van der Waals surface area (Å²) in [6.45, 7) is 2.16. The zero-order valence-electron chi connectivity index (χ0n) is 8.99. The number of unbranched alkanes of at least 4 members (excludes halogenated alkanes) is 2. The van der Waals surface area contributed by atoms with Crippen molar-refractivity contribution in [3.8, 4) is 0 Å². The fraction of sp³-hybridized carbons (Fsp3) is 0.385. The van der Waals surface area contributed by atoms with Crippen LogP contribution in [0.2, 0.25) is 5.02 Å². The van der Waals surface area contributed by atoms with Crippen LogP contribution < -0.4 is 0 Å². The van der Waals surface area contributed by atoms with Crippen molar-refractivity contribution in [3.63, 3.8) is 0 Å². The van der Waals surface area contributed by atoms with Gasteiger partial charge in [-0.05, 0) is 24.1 Å². The number of benzene rings is 1. The van der Waals surface area contributed by atoms with Crippen LogP contribution in [0.5, 0.6) is 0 Å². The Morgan fingerprint density at radius 2 is 2.00 bits per heavy atom. The number of rotatable bonds is 5. The van der Waals surface area contributed by atoms with Crippen LogP contribution in [0.4, 0.5) is 0 Å². The van der Waals surface area contributed by atoms with E-state index >= 15 is 0 Å². The Morgan fingerprint density at radius 3 is 2.60 bits per heavy atom. The minimum atomic E-state index is -0.515. The Morgan fingerprint density at radius 1 is 1.33 bits per heavy atom. The summed E-state index contributed by atoms with van der Waals surface area (Å²) in [7, 11) is 0. The highest BCUT2D eigenvalue weighted by Gasteiger charge is 2.01. The maximum Gasteiger partial charge on any atom is 0.0971 e. The summed E-state index contributed by atoms with van der Waals surface area (Å²) in [5, 5.41) is 10.5. The van der Waals surface area contributed by atoms with Gasteiger partial charge >= 0.3 is 0 Å². The highest BCUT2D eigenvalue weighted by molar-refractivity contribution is 6.30. The van der Waals surface area contributed by atoms with Crippen molar-refractivity contribution in [1.82, 2.24) is 0 Å². The Bertz CT molecular complexity index is 303. The maximum absolute atomic E-state index is 9.78. The van der Waals surface area contributed by atoms with Crippen molar-refractivity contribution >= 4 is 11.6 Å². The zero-order valence-corrected chi connectivity index (χ0v) is 9.74. The summed E-state index contributed by atoms with van der Waals surface area (Å²) in [6.07, 6.45) is 6.73. The van der Waals surface area contributed by atoms with Crippen LogP contribution >= 0.6 is 11.6 Å². The lowest BCUT2D eigenvalue weighted by molar-refractivity contribution is 0.228. The molecule has 0 bridgehead atoms. The minimum Gasteiger partial charge on any atom is -0.384 e. The van der Waals surface area contributed by atoms with Crippen LogP contribution in [0.15, 0.2) is 36.4 Å². The van der Waals surface area contributed by atoms with Crippen LogP contribution in [0.3, 0.4) is 0 Å². The average Bonchev–Trinajstić information content (AvgIpc) is 2.25. The van der Waals surface area contributed by atoms with E-state index < -0.39 is 6.10 Å². The van der Waals surface area contributed by atoms with Gasteiger partial charge in [-0.1, -0.05) is 55.7 Å². The summed E-state index contributed by atoms with van der Waals surface area (Å²) in [5.74, 6) is 0. The van der Waals surface area contributed by atoms with Crippen LogP contribution in [-0.2, 0) is 0 Å². The maximum atomic E-state index is 9.78. The van der Waals surface area contributed by atoms with E-state index in [2.05, 4.69) is 6.92 Å². The van der Waals surface area contributed by atoms with Gasteiger partial charge in [0.2, 0.25) is 0 Å². The molecule has 0 aliphatic heterocycles. The summed E-state index contributed by atoms with van der Waals surface area (Å²) >= 11 is 5.76. The lowest BCUT2D eigenvalue weighted by atomic mass is 10.1. The second kappa shape index (κ2) is 6.65. The van der Waals surface area contributed by atoms with E-state index in [1.807, 2.05) is 24.3 Å². The monoisotopic (exact) mass is 224 g/mol. The minimum absolute atomic E-state index is 0.515. The molecule has 1 aromatic rings. The molecule has 1 N–H and O–H groups in total. The topological polar surface area (TPSA) is 20.2 Å². The van der Waals surface area contributed by atoms with Gasteiger partial charge in [0, 0.05) is 5.02 Å². The van der Waals surface area contributed by atoms with Gasteiger partial charge in [0.1, 0.15) is 0 Å². The standard InChI is InChI=1S/C13H17ClO/c1-2-3-4-5-6-13(15)11-7-9-12(14)10-8-11/h5-10,13,15H,2-4H2,1H3/b6-5+/t13-/m1/s1. The molecule has 2 heteroatoms. The Kier molecular flexibility index (Phi) is 5.44. The molecule has 0 spiro atoms. The van der Waals surface area contributed by atoms with Crippen molar-refractivity contribution in [2.45, 2.75) is 32.3 Å². The summed E-state index contributed by atoms with van der Waals surface area (Å²) < 4.78 is 0. The van der Waals surface area contributed by atoms with Gasteiger partial charge in [-0.2, -0.15) is 0 Å². The molecule has 1 rings (SSSR count). The van der Waals surface area contributed by atoms with Crippen LogP contribution in [0, 0.1) is 0 Å². The predicted molar refractivity (Wildman–Crippen MR) is 65.1 cm³/mol. The van der Waals surface area contributed by atoms with Crippen LogP contribution in [-0.4, -0.2) is 5.11 Å². The number of aliphatic hydroxyl groups is 1. The van der Waals surface area contributed by atoms with E-state index in [1.165, 1.54) is 12.8 Å². The van der Waals surface area contributed by atoms with E-state index in [0.717, 1.165) is 12.0 Å². The zero-order chi connectivity index (χ0) is 11.1. The fourth-order valence-corrected chi connectivity index (χ4v) is 1.44. The van der Waals surface area contributed by atoms with Crippen molar-refractivity contribution in [3.05, 3.63) is 47.0 Å². The molecule has 82 valence electrons. The van der Waals surface area contributed by atoms with E-state index in [9.17, 15) is 5.11 Å². The van der Waals surface area contributed by atoms with Crippen LogP contribution in [0.1, 0.15) is 37.9 Å². The third-order valence-corrected chi connectivity index (χ3v) is 2.51. The third kappa shape index (κ3) is 4.50. The number of allylic oxidation sites excluding steroid dienone is 1. The molecule has 0 radical (unpaired) electrons. The largest absolute Gasteiger partial charge is 0.384 e. The van der Waals surface area contributed by atoms with E-state index in [0.29, 0.717) is 5.02 Å². The number of halogens is 1. The first kappa shape index (κ1) is 12.3. The second-order valence-corrected chi connectivity index (χ2v) is 4.00. The molecule has 15 heavy (non-hydrogen) atoms. The number of hydrogen-bond acceptors (Lipinski definition) is 1. The SMILES string of the molecule is CCCC/C=C/[C@@H](O)c1ccc(Cl)cc1. The molecule has 0 aromatic heterocycles. The van der Waals surface area contributed by atoms with Gasteiger partial charge in [0.05, 0.1) is 6.10 Å². The molecule has 0 aliphatic rings. The third-order valence-electron chi connectivity index (χ3n) is 2.25. The molecule has 1 nitrogen and oxygen atoms in total. The number of aliphatic hydroxyl groups excluding tert-OH is 1. The Balaban J connectivity index is 2.49. The van der Waals surface area contributed by atoms with Gasteiger partial charge in [-0.3, -0.25) is 0 Å². The first-order chi connectivity index (χ1) is 7.24. The van der Waals surface area contributed by atoms with Crippen molar-refractivity contribution in [1.29, 1.82) is 0 Å². The number of hydrogen-bond donors (Lipinski definition) is 1. The molecule has 0 fully saturated rings. The highest BCUT2D eigenvalue weighted by atomic mass is 35.5. The molecular formula is C13H17ClO. The van der Waals surface area contributed by atoms with Crippen molar-refractivity contribution in [2.24, 2.45) is 0 Å². The van der Waals surface area contributed by atoms with E-state index in [1.54, 1.807) is 12.1 Å². The van der Waals surface area contributed by atoms with Crippen molar-refractivity contribution in [2.75, 3.05) is 0 Å². The van der Waals surface area contributed by atoms with Gasteiger partial charge in [-0.25, -0.2) is 0 Å². The highest BCUT2D eigenvalue weighted by Crippen LogP contribution is 2.17. The summed E-state index contributed by atoms with van der Waals surface area (Å²) in [4.78, 5) is 0. The molecule has 0 heterocycles. The lowest BCUT2D eigenvalue weighted by Gasteiger charge is -2.05. The van der Waals surface area contributed by atoms with E-state index in [4.69, 9.17) is 11.6 Å². The first-order valence-electron chi connectivity index (χ1n) is 5.34. The predicted octanol–water partition coefficient (Wildman–Crippen LogP) is 4.12. The van der Waals surface area contributed by atoms with Gasteiger partial charge < -0.3 is 5.11 Å². The molecule has 0 saturated carbocycles. The smallest absolute Gasteiger partial charge is 0.0971 e. The second-order valence-electron chi connectivity index (χ2n) is 3.57. The summed E-state index contributed by atoms with van der Waals surface area (Å²) in [6, 6.07) is 7.27. The fourth-order valence-electron chi connectivity index (χ4n) is 1.32. The quantitative estimate of drug-likeness (QED) is 0.589. The Hall–Kier alpha value is -0.790. The molecular weight excluding hydrogens is 208 g/mol. The average molecular weight is 225 g/mol. The first-order valence-corrected chi connectivity index (χ1v) is 5.72. The van der Waals surface area contributed by atoms with Gasteiger partial charge in [-0.15, -0.1) is 0 Å². The van der Waals surface area contributed by atoms with E-state index in [-0.39, 0.29) is 0 Å². The summed E-state index contributed by atoms with van der Waals surface area (Å²) in [5.41, 5.74) is 0.882. The van der Waals surface area contributed by atoms with Crippen molar-refractivity contribution < 1.29 is 5.11 Å². The van der Waals surface area contributed by atoms with Crippen LogP contribution in [0.25, 0.3) is 0 Å². The molecule has 0 aliphatic carbocycles. The Labute approximate surface area is 96.4 Å². The molecule has 0 amide bonds. The lowest BCUT2D eigenvalue weighted by Crippen LogP contribution is -1.91. The molecule has 0 unspecified atom stereocenters. The molecule has 1 atom stereocenters. The van der Waals surface area contributed by atoms with Gasteiger partial charge in [0.25, 0.3) is 0 Å². The molecule has 0 saturated heterocycles. The normalized spacial score (nSPS) is 13.3. The molecule has 1 aromatic carbocycles. The van der Waals surface area contributed by atoms with Gasteiger partial charge in [0.15, 0.2) is 0 Å².